The van der Waals surface area contributed by atoms with Crippen molar-refractivity contribution in [2.24, 2.45) is 0 Å². The summed E-state index contributed by atoms with van der Waals surface area (Å²) < 4.78 is 5.70. The largest absolute Gasteiger partial charge is 0.471 e. The van der Waals surface area contributed by atoms with E-state index in [0.717, 1.165) is 5.56 Å². The first-order chi connectivity index (χ1) is 10.6. The zero-order valence-corrected chi connectivity index (χ0v) is 12.0. The second-order valence-electron chi connectivity index (χ2n) is 4.95. The number of H-pyrrole nitrogens is 1. The predicted molar refractivity (Wildman–Crippen MR) is 83.1 cm³/mol. The lowest BCUT2D eigenvalue weighted by Gasteiger charge is -2.08. The van der Waals surface area contributed by atoms with Crippen LogP contribution in [-0.2, 0) is 6.61 Å². The van der Waals surface area contributed by atoms with Crippen molar-refractivity contribution in [2.45, 2.75) is 13.5 Å². The van der Waals surface area contributed by atoms with Gasteiger partial charge < -0.3 is 4.74 Å². The summed E-state index contributed by atoms with van der Waals surface area (Å²) in [5, 5.41) is 7.57. The van der Waals surface area contributed by atoms with Crippen molar-refractivity contribution in [3.63, 3.8) is 0 Å². The summed E-state index contributed by atoms with van der Waals surface area (Å²) in [7, 11) is 0. The number of hydrogen-bond acceptors (Lipinski definition) is 4. The van der Waals surface area contributed by atoms with Crippen molar-refractivity contribution < 1.29 is 9.53 Å². The van der Waals surface area contributed by atoms with Gasteiger partial charge in [0.2, 0.25) is 5.88 Å². The lowest BCUT2D eigenvalue weighted by atomic mass is 10.1. The Morgan fingerprint density at radius 1 is 1.14 bits per heavy atom. The number of hydrogen-bond donors (Lipinski definition) is 1. The van der Waals surface area contributed by atoms with Crippen LogP contribution in [-0.4, -0.2) is 16.0 Å². The van der Waals surface area contributed by atoms with Crippen LogP contribution in [0, 0.1) is 0 Å². The fraction of sp³-hybridized carbons (Fsp3) is 0.118. The highest BCUT2D eigenvalue weighted by Crippen LogP contribution is 2.20. The number of carbonyl (C=O) groups excluding carboxylic acids is 1. The summed E-state index contributed by atoms with van der Waals surface area (Å²) >= 11 is 0. The van der Waals surface area contributed by atoms with Gasteiger partial charge in [-0.25, -0.2) is 5.10 Å². The molecule has 0 bridgehead atoms. The van der Waals surface area contributed by atoms with E-state index < -0.39 is 0 Å². The minimum Gasteiger partial charge on any atom is -0.471 e. The van der Waals surface area contributed by atoms with Gasteiger partial charge in [0, 0.05) is 5.56 Å². The molecule has 0 amide bonds. The average molecular weight is 294 g/mol. The highest BCUT2D eigenvalue weighted by atomic mass is 16.5. The number of aromatic amines is 1. The van der Waals surface area contributed by atoms with Crippen molar-refractivity contribution in [3.8, 4) is 5.88 Å². The second-order valence-corrected chi connectivity index (χ2v) is 4.95. The molecule has 0 spiro atoms. The quantitative estimate of drug-likeness (QED) is 0.751. The molecule has 2 aromatic carbocycles. The first kappa shape index (κ1) is 14.0. The molecule has 1 N–H and O–H groups in total. The van der Waals surface area contributed by atoms with Crippen molar-refractivity contribution in [1.82, 2.24) is 10.2 Å². The van der Waals surface area contributed by atoms with Gasteiger partial charge in [-0.15, -0.1) is 5.10 Å². The lowest BCUT2D eigenvalue weighted by Crippen LogP contribution is -2.10. The number of benzene rings is 2. The van der Waals surface area contributed by atoms with E-state index in [2.05, 4.69) is 10.2 Å². The third-order valence-corrected chi connectivity index (χ3v) is 3.37. The van der Waals surface area contributed by atoms with Crippen LogP contribution >= 0.6 is 0 Å². The molecule has 0 aliphatic rings. The van der Waals surface area contributed by atoms with Crippen LogP contribution in [0.15, 0.2) is 53.3 Å². The van der Waals surface area contributed by atoms with E-state index in [0.29, 0.717) is 22.2 Å². The van der Waals surface area contributed by atoms with Gasteiger partial charge in [0.05, 0.1) is 10.8 Å². The number of ether oxygens (including phenoxy) is 1. The molecule has 22 heavy (non-hydrogen) atoms. The van der Waals surface area contributed by atoms with E-state index in [1.54, 1.807) is 30.3 Å². The maximum Gasteiger partial charge on any atom is 0.272 e. The van der Waals surface area contributed by atoms with E-state index >= 15 is 0 Å². The number of fused-ring (bicyclic) bond motifs is 1. The molecule has 0 aliphatic carbocycles. The van der Waals surface area contributed by atoms with Crippen molar-refractivity contribution >= 4 is 16.6 Å². The maximum absolute atomic E-state index is 11.7. The van der Waals surface area contributed by atoms with Crippen LogP contribution in [0.5, 0.6) is 5.88 Å². The molecular formula is C17H14N2O3. The standard InChI is InChI=1S/C17H14N2O3/c1-11(20)13-6-4-5-12(9-13)10-22-17-15-8-3-2-7-14(15)16(21)18-19-17/h2-9H,10H2,1H3,(H,18,21). The number of nitrogens with one attached hydrogen (secondary N) is 1. The molecule has 0 fully saturated rings. The Balaban J connectivity index is 1.89. The van der Waals surface area contributed by atoms with Gasteiger partial charge >= 0.3 is 0 Å². The summed E-state index contributed by atoms with van der Waals surface area (Å²) in [6.07, 6.45) is 0. The maximum atomic E-state index is 11.7. The molecule has 0 radical (unpaired) electrons. The molecule has 0 atom stereocenters. The Labute approximate surface area is 126 Å². The number of rotatable bonds is 4. The van der Waals surface area contributed by atoms with Crippen molar-refractivity contribution in [1.29, 1.82) is 0 Å². The van der Waals surface area contributed by atoms with Crippen LogP contribution < -0.4 is 10.3 Å². The van der Waals surface area contributed by atoms with Crippen LogP contribution in [0.25, 0.3) is 10.8 Å². The molecule has 0 unspecified atom stereocenters. The van der Waals surface area contributed by atoms with Gasteiger partial charge in [-0.3, -0.25) is 9.59 Å². The molecule has 5 nitrogen and oxygen atoms in total. The topological polar surface area (TPSA) is 72.0 Å². The SMILES string of the molecule is CC(=O)c1cccc(COc2n[nH]c(=O)c3ccccc23)c1. The zero-order chi connectivity index (χ0) is 15.5. The summed E-state index contributed by atoms with van der Waals surface area (Å²) in [6.45, 7) is 1.79. The van der Waals surface area contributed by atoms with E-state index in [1.165, 1.54) is 6.92 Å². The van der Waals surface area contributed by atoms with Crippen LogP contribution in [0.2, 0.25) is 0 Å². The van der Waals surface area contributed by atoms with Crippen LogP contribution in [0.3, 0.4) is 0 Å². The molecule has 3 aromatic rings. The summed E-state index contributed by atoms with van der Waals surface area (Å²) in [5.74, 6) is 0.373. The lowest BCUT2D eigenvalue weighted by molar-refractivity contribution is 0.101. The normalized spacial score (nSPS) is 10.6. The number of Topliss-reactive ketones (excluding diaryl/α,β-unsaturated/α-hetero) is 1. The number of aromatic nitrogens is 2. The molecule has 1 aromatic heterocycles. The van der Waals surface area contributed by atoms with Gasteiger partial charge in [0.15, 0.2) is 5.78 Å². The Morgan fingerprint density at radius 3 is 2.68 bits per heavy atom. The minimum atomic E-state index is -0.249. The van der Waals surface area contributed by atoms with Crippen LogP contribution in [0.4, 0.5) is 0 Å². The number of carbonyl (C=O) groups is 1. The third-order valence-electron chi connectivity index (χ3n) is 3.37. The highest BCUT2D eigenvalue weighted by Gasteiger charge is 2.07. The molecule has 0 aliphatic heterocycles. The van der Waals surface area contributed by atoms with Gasteiger partial charge in [0.25, 0.3) is 5.56 Å². The summed E-state index contributed by atoms with van der Waals surface area (Å²) in [6, 6.07) is 14.4. The van der Waals surface area contributed by atoms with Gasteiger partial charge in [-0.2, -0.15) is 0 Å². The van der Waals surface area contributed by atoms with Crippen molar-refractivity contribution in [3.05, 3.63) is 70.0 Å². The summed E-state index contributed by atoms with van der Waals surface area (Å²) in [4.78, 5) is 23.1. The fourth-order valence-corrected chi connectivity index (χ4v) is 2.23. The predicted octanol–water partition coefficient (Wildman–Crippen LogP) is 2.70. The Morgan fingerprint density at radius 2 is 1.91 bits per heavy atom. The smallest absolute Gasteiger partial charge is 0.272 e. The highest BCUT2D eigenvalue weighted by molar-refractivity contribution is 5.94. The molecular weight excluding hydrogens is 280 g/mol. The van der Waals surface area contributed by atoms with E-state index in [-0.39, 0.29) is 17.9 Å². The Bertz CT molecular complexity index is 900. The van der Waals surface area contributed by atoms with Gasteiger partial charge in [-0.1, -0.05) is 30.3 Å². The van der Waals surface area contributed by atoms with Crippen LogP contribution in [0.1, 0.15) is 22.8 Å². The minimum absolute atomic E-state index is 0.00876. The molecule has 3 rings (SSSR count). The van der Waals surface area contributed by atoms with Crippen molar-refractivity contribution in [2.75, 3.05) is 0 Å². The van der Waals surface area contributed by atoms with Gasteiger partial charge in [-0.05, 0) is 30.7 Å². The van der Waals surface area contributed by atoms with E-state index in [1.807, 2.05) is 18.2 Å². The number of nitrogens with zero attached hydrogens (tertiary/aromatic N) is 1. The Kier molecular flexibility index (Phi) is 3.70. The number of ketones is 1. The molecule has 110 valence electrons. The fourth-order valence-electron chi connectivity index (χ4n) is 2.23. The second kappa shape index (κ2) is 5.81. The Hall–Kier alpha value is -2.95. The monoisotopic (exact) mass is 294 g/mol. The third kappa shape index (κ3) is 2.74. The summed E-state index contributed by atoms with van der Waals surface area (Å²) in [5.41, 5.74) is 1.26. The van der Waals surface area contributed by atoms with E-state index in [9.17, 15) is 9.59 Å². The average Bonchev–Trinajstić information content (AvgIpc) is 2.55. The first-order valence-corrected chi connectivity index (χ1v) is 6.85. The molecule has 5 heteroatoms. The molecule has 1 heterocycles. The first-order valence-electron chi connectivity index (χ1n) is 6.85. The molecule has 0 saturated carbocycles. The van der Waals surface area contributed by atoms with Gasteiger partial charge in [0.1, 0.15) is 6.61 Å². The zero-order valence-electron chi connectivity index (χ0n) is 12.0. The molecule has 0 saturated heterocycles. The van der Waals surface area contributed by atoms with E-state index in [4.69, 9.17) is 4.74 Å².